The molecule has 0 fully saturated rings. The molecule has 0 aliphatic heterocycles. The number of hydrogen-bond donors (Lipinski definition) is 2. The summed E-state index contributed by atoms with van der Waals surface area (Å²) in [4.78, 5) is 23.3. The van der Waals surface area contributed by atoms with Gasteiger partial charge in [-0.05, 0) is 25.5 Å². The first-order chi connectivity index (χ1) is 10.0. The van der Waals surface area contributed by atoms with Gasteiger partial charge in [-0.3, -0.25) is 4.79 Å². The molecule has 1 atom stereocenters. The molecule has 114 valence electrons. The Morgan fingerprint density at radius 2 is 1.81 bits per heavy atom. The first-order valence-corrected chi connectivity index (χ1v) is 6.39. The van der Waals surface area contributed by atoms with E-state index in [9.17, 15) is 9.59 Å². The molecule has 0 bridgehead atoms. The summed E-state index contributed by atoms with van der Waals surface area (Å²) < 4.78 is 10.2. The van der Waals surface area contributed by atoms with Crippen LogP contribution in [0.3, 0.4) is 0 Å². The van der Waals surface area contributed by atoms with Crippen LogP contribution in [0.2, 0.25) is 0 Å². The molecule has 1 aromatic carbocycles. The molecule has 0 aliphatic carbocycles. The predicted octanol–water partition coefficient (Wildman–Crippen LogP) is 1.85. The molecular formula is C15H19NO5. The largest absolute Gasteiger partial charge is 0.497 e. The van der Waals surface area contributed by atoms with E-state index in [0.29, 0.717) is 11.5 Å². The van der Waals surface area contributed by atoms with Crippen LogP contribution >= 0.6 is 0 Å². The number of methoxy groups -OCH3 is 2. The average molecular weight is 293 g/mol. The zero-order valence-electron chi connectivity index (χ0n) is 12.3. The highest BCUT2D eigenvalue weighted by atomic mass is 16.5. The zero-order chi connectivity index (χ0) is 15.8. The van der Waals surface area contributed by atoms with E-state index in [1.165, 1.54) is 26.4 Å². The third kappa shape index (κ3) is 4.83. The lowest BCUT2D eigenvalue weighted by molar-refractivity contribution is -0.139. The van der Waals surface area contributed by atoms with Crippen LogP contribution in [0.4, 0.5) is 0 Å². The van der Waals surface area contributed by atoms with Gasteiger partial charge in [0.15, 0.2) is 0 Å². The van der Waals surface area contributed by atoms with E-state index in [1.807, 2.05) is 0 Å². The molecule has 1 rings (SSSR count). The van der Waals surface area contributed by atoms with E-state index in [4.69, 9.17) is 14.6 Å². The van der Waals surface area contributed by atoms with Crippen molar-refractivity contribution in [1.29, 1.82) is 0 Å². The Labute approximate surface area is 123 Å². The van der Waals surface area contributed by atoms with Crippen LogP contribution < -0.4 is 14.8 Å². The molecule has 0 radical (unpaired) electrons. The standard InChI is InChI=1S/C15H19NO5/c1-4-5-6-13(15(18)19)16-14(17)10-7-11(20-2)9-12(8-10)21-3/h4-5,7-9,13H,6H2,1-3H3,(H,16,17)(H,18,19)/b5-4+. The summed E-state index contributed by atoms with van der Waals surface area (Å²) in [5.74, 6) is -0.667. The fourth-order valence-corrected chi connectivity index (χ4v) is 1.67. The van der Waals surface area contributed by atoms with Crippen molar-refractivity contribution in [3.63, 3.8) is 0 Å². The van der Waals surface area contributed by atoms with Gasteiger partial charge in [-0.15, -0.1) is 0 Å². The maximum atomic E-state index is 12.1. The SMILES string of the molecule is C/C=C/CC(NC(=O)c1cc(OC)cc(OC)c1)C(=O)O. The van der Waals surface area contributed by atoms with Crippen molar-refractivity contribution in [1.82, 2.24) is 5.32 Å². The minimum Gasteiger partial charge on any atom is -0.497 e. The normalized spacial score (nSPS) is 12.0. The van der Waals surface area contributed by atoms with Crippen LogP contribution in [0, 0.1) is 0 Å². The highest BCUT2D eigenvalue weighted by Crippen LogP contribution is 2.22. The number of benzene rings is 1. The van der Waals surface area contributed by atoms with Crippen LogP contribution in [-0.2, 0) is 4.79 Å². The summed E-state index contributed by atoms with van der Waals surface area (Å²) in [7, 11) is 2.95. The highest BCUT2D eigenvalue weighted by Gasteiger charge is 2.20. The monoisotopic (exact) mass is 293 g/mol. The van der Waals surface area contributed by atoms with Gasteiger partial charge in [0.2, 0.25) is 0 Å². The van der Waals surface area contributed by atoms with E-state index in [2.05, 4.69) is 5.32 Å². The molecule has 0 heterocycles. The first-order valence-electron chi connectivity index (χ1n) is 6.39. The summed E-state index contributed by atoms with van der Waals surface area (Å²) in [6.07, 6.45) is 3.64. The highest BCUT2D eigenvalue weighted by molar-refractivity contribution is 5.97. The number of allylic oxidation sites excluding steroid dienone is 1. The Morgan fingerprint density at radius 3 is 2.24 bits per heavy atom. The second-order valence-electron chi connectivity index (χ2n) is 4.27. The summed E-state index contributed by atoms with van der Waals surface area (Å²) in [6.45, 7) is 1.79. The smallest absolute Gasteiger partial charge is 0.326 e. The fraction of sp³-hybridized carbons (Fsp3) is 0.333. The van der Waals surface area contributed by atoms with Gasteiger partial charge in [0.25, 0.3) is 5.91 Å². The van der Waals surface area contributed by atoms with Crippen LogP contribution in [0.25, 0.3) is 0 Å². The van der Waals surface area contributed by atoms with E-state index >= 15 is 0 Å². The fourth-order valence-electron chi connectivity index (χ4n) is 1.67. The lowest BCUT2D eigenvalue weighted by atomic mass is 10.1. The van der Waals surface area contributed by atoms with E-state index in [-0.39, 0.29) is 12.0 Å². The third-order valence-electron chi connectivity index (χ3n) is 2.82. The summed E-state index contributed by atoms with van der Waals surface area (Å²) in [5.41, 5.74) is 0.276. The number of carbonyl (C=O) groups excluding carboxylic acids is 1. The van der Waals surface area contributed by atoms with Crippen LogP contribution in [0.1, 0.15) is 23.7 Å². The summed E-state index contributed by atoms with van der Waals surface area (Å²) >= 11 is 0. The maximum absolute atomic E-state index is 12.1. The lowest BCUT2D eigenvalue weighted by Gasteiger charge is -2.14. The van der Waals surface area contributed by atoms with Gasteiger partial charge in [-0.25, -0.2) is 4.79 Å². The van der Waals surface area contributed by atoms with Crippen LogP contribution in [0.15, 0.2) is 30.4 Å². The summed E-state index contributed by atoms with van der Waals surface area (Å²) in [6, 6.07) is 3.69. The van der Waals surface area contributed by atoms with Gasteiger partial charge >= 0.3 is 5.97 Å². The molecule has 0 aromatic heterocycles. The van der Waals surface area contributed by atoms with Gasteiger partial charge in [0.1, 0.15) is 17.5 Å². The second kappa shape index (κ2) is 7.94. The van der Waals surface area contributed by atoms with Crippen LogP contribution in [0.5, 0.6) is 11.5 Å². The quantitative estimate of drug-likeness (QED) is 0.749. The van der Waals surface area contributed by atoms with Crippen molar-refractivity contribution in [2.45, 2.75) is 19.4 Å². The molecule has 2 N–H and O–H groups in total. The predicted molar refractivity (Wildman–Crippen MR) is 77.9 cm³/mol. The van der Waals surface area contributed by atoms with E-state index < -0.39 is 17.9 Å². The molecule has 1 unspecified atom stereocenters. The molecule has 21 heavy (non-hydrogen) atoms. The number of nitrogens with one attached hydrogen (secondary N) is 1. The Morgan fingerprint density at radius 1 is 1.24 bits per heavy atom. The van der Waals surface area contributed by atoms with E-state index in [0.717, 1.165) is 0 Å². The number of hydrogen-bond acceptors (Lipinski definition) is 4. The van der Waals surface area contributed by atoms with Gasteiger partial charge in [0.05, 0.1) is 14.2 Å². The van der Waals surface area contributed by atoms with Gasteiger partial charge in [-0.2, -0.15) is 0 Å². The molecule has 1 aromatic rings. The lowest BCUT2D eigenvalue weighted by Crippen LogP contribution is -2.40. The molecular weight excluding hydrogens is 274 g/mol. The third-order valence-corrected chi connectivity index (χ3v) is 2.82. The van der Waals surface area contributed by atoms with Crippen molar-refractivity contribution in [2.24, 2.45) is 0 Å². The molecule has 1 amide bonds. The summed E-state index contributed by atoms with van der Waals surface area (Å²) in [5, 5.41) is 11.6. The molecule has 0 aliphatic rings. The van der Waals surface area contributed by atoms with Crippen molar-refractivity contribution >= 4 is 11.9 Å². The van der Waals surface area contributed by atoms with Crippen molar-refractivity contribution in [3.05, 3.63) is 35.9 Å². The van der Waals surface area contributed by atoms with Crippen molar-refractivity contribution in [2.75, 3.05) is 14.2 Å². The topological polar surface area (TPSA) is 84.9 Å². The number of rotatable bonds is 7. The minimum atomic E-state index is -1.09. The Kier molecular flexibility index (Phi) is 6.26. The molecule has 0 saturated heterocycles. The average Bonchev–Trinajstić information content (AvgIpc) is 2.50. The van der Waals surface area contributed by atoms with Gasteiger partial charge < -0.3 is 19.9 Å². The van der Waals surface area contributed by atoms with Crippen molar-refractivity contribution < 1.29 is 24.2 Å². The molecule has 0 spiro atoms. The molecule has 6 nitrogen and oxygen atoms in total. The van der Waals surface area contributed by atoms with Gasteiger partial charge in [0, 0.05) is 11.6 Å². The number of ether oxygens (including phenoxy) is 2. The van der Waals surface area contributed by atoms with E-state index in [1.54, 1.807) is 25.1 Å². The minimum absolute atomic E-state index is 0.221. The number of amides is 1. The number of carboxylic acids is 1. The van der Waals surface area contributed by atoms with Gasteiger partial charge in [-0.1, -0.05) is 12.2 Å². The Hall–Kier alpha value is -2.50. The number of carboxylic acid groups (broad SMARTS) is 1. The Bertz CT molecular complexity index is 517. The van der Waals surface area contributed by atoms with Crippen LogP contribution in [-0.4, -0.2) is 37.2 Å². The Balaban J connectivity index is 2.93. The first kappa shape index (κ1) is 16.6. The molecule has 0 saturated carbocycles. The number of carbonyl (C=O) groups is 2. The maximum Gasteiger partial charge on any atom is 0.326 e. The second-order valence-corrected chi connectivity index (χ2v) is 4.27. The van der Waals surface area contributed by atoms with Crippen molar-refractivity contribution in [3.8, 4) is 11.5 Å². The zero-order valence-corrected chi connectivity index (χ0v) is 12.3. The number of aliphatic carboxylic acids is 1. The molecule has 6 heteroatoms.